The molecule has 0 saturated carbocycles. The van der Waals surface area contributed by atoms with Gasteiger partial charge in [0.25, 0.3) is 5.91 Å². The lowest BCUT2D eigenvalue weighted by Gasteiger charge is -2.47. The van der Waals surface area contributed by atoms with E-state index in [2.05, 4.69) is 17.0 Å². The number of carbonyl (C=O) groups excluding carboxylic acids is 3. The van der Waals surface area contributed by atoms with E-state index >= 15 is 0 Å². The summed E-state index contributed by atoms with van der Waals surface area (Å²) in [5.74, 6) is -6.91. The first-order valence-corrected chi connectivity index (χ1v) is 13.9. The number of primary amides is 1. The lowest BCUT2D eigenvalue weighted by molar-refractivity contribution is -0.145. The molecule has 6 rings (SSSR count). The van der Waals surface area contributed by atoms with Gasteiger partial charge in [0, 0.05) is 35.2 Å². The molecular weight excluding hydrogens is 542 g/mol. The normalized spacial score (nSPS) is 29.3. The predicted molar refractivity (Wildman–Crippen MR) is 150 cm³/mol. The maximum atomic E-state index is 13.9. The standard InChI is InChI=1S/C31H33N3O8/c1-42-27-16(19-8-5-9-34(19)13-14-6-3-2-4-7-14)12-20(35)22-17(27)10-15-11-18-24(32)26(37)23(30(33)40)29(39)31(18,41)28(38)21(15)25(22)36/h2-4,6-7,12,15,18-19,24,35,37-38,41H,5,8-11,13,32H2,1H3,(H2,33,40)/t15-,18-,19-,24-,31-/m0/s1. The molecule has 0 spiro atoms. The number of nitrogens with zero attached hydrogens (tertiary/aromatic N) is 1. The van der Waals surface area contributed by atoms with Crippen molar-refractivity contribution in [1.82, 2.24) is 4.90 Å². The SMILES string of the molecule is COc1c([C@@H]2CCCN2Cc2ccccc2)cc(O)c2c1C[C@H]1C[C@H]3[C@H](N)C(O)=C(C(N)=O)C(=O)[C@@]3(O)C(O)=C1C2=O. The molecule has 5 atom stereocenters. The Balaban J connectivity index is 1.44. The third-order valence-corrected chi connectivity index (χ3v) is 9.39. The number of ether oxygens (including phenoxy) is 1. The van der Waals surface area contributed by atoms with Crippen molar-refractivity contribution in [3.05, 3.63) is 81.3 Å². The number of aromatic hydroxyl groups is 1. The molecule has 0 aromatic heterocycles. The summed E-state index contributed by atoms with van der Waals surface area (Å²) >= 11 is 0. The van der Waals surface area contributed by atoms with E-state index in [-0.39, 0.29) is 35.8 Å². The predicted octanol–water partition coefficient (Wildman–Crippen LogP) is 1.86. The van der Waals surface area contributed by atoms with Crippen LogP contribution in [0.3, 0.4) is 0 Å². The van der Waals surface area contributed by atoms with Gasteiger partial charge in [-0.3, -0.25) is 19.3 Å². The molecule has 1 amide bonds. The van der Waals surface area contributed by atoms with Gasteiger partial charge in [0.15, 0.2) is 11.4 Å². The number of hydrogen-bond donors (Lipinski definition) is 6. The number of amides is 1. The van der Waals surface area contributed by atoms with Crippen molar-refractivity contribution in [1.29, 1.82) is 0 Å². The molecule has 0 radical (unpaired) electrons. The number of ketones is 2. The largest absolute Gasteiger partial charge is 0.510 e. The summed E-state index contributed by atoms with van der Waals surface area (Å²) in [5.41, 5.74) is 9.82. The summed E-state index contributed by atoms with van der Waals surface area (Å²) in [7, 11) is 1.50. The quantitative estimate of drug-likeness (QED) is 0.286. The van der Waals surface area contributed by atoms with Gasteiger partial charge >= 0.3 is 0 Å². The van der Waals surface area contributed by atoms with E-state index in [1.807, 2.05) is 18.2 Å². The third kappa shape index (κ3) is 3.88. The first kappa shape index (κ1) is 28.0. The summed E-state index contributed by atoms with van der Waals surface area (Å²) in [6, 6.07) is 10.1. The summed E-state index contributed by atoms with van der Waals surface area (Å²) in [5, 5.41) is 44.6. The van der Waals surface area contributed by atoms with Crippen molar-refractivity contribution in [2.24, 2.45) is 23.3 Å². The zero-order valence-electron chi connectivity index (χ0n) is 23.0. The maximum absolute atomic E-state index is 13.9. The fraction of sp³-hybridized carbons (Fsp3) is 0.387. The molecule has 1 saturated heterocycles. The molecule has 11 nitrogen and oxygen atoms in total. The number of carbonyl (C=O) groups is 3. The molecule has 2 aromatic rings. The van der Waals surface area contributed by atoms with Gasteiger partial charge in [0.05, 0.1) is 18.7 Å². The van der Waals surface area contributed by atoms with Crippen molar-refractivity contribution >= 4 is 17.5 Å². The number of phenols is 1. The zero-order chi connectivity index (χ0) is 30.1. The summed E-state index contributed by atoms with van der Waals surface area (Å²) in [6.07, 6.45) is 1.83. The Labute approximate surface area is 241 Å². The number of aliphatic hydroxyl groups is 3. The number of allylic oxidation sites excluding steroid dienone is 1. The number of hydrogen-bond acceptors (Lipinski definition) is 10. The lowest BCUT2D eigenvalue weighted by atomic mass is 9.59. The summed E-state index contributed by atoms with van der Waals surface area (Å²) in [4.78, 5) is 41.4. The topological polar surface area (TPSA) is 197 Å². The van der Waals surface area contributed by atoms with Crippen molar-refractivity contribution in [2.45, 2.75) is 49.9 Å². The highest BCUT2D eigenvalue weighted by molar-refractivity contribution is 6.24. The number of likely N-dealkylation sites (tertiary alicyclic amines) is 1. The van der Waals surface area contributed by atoms with Crippen molar-refractivity contribution < 1.29 is 39.5 Å². The molecule has 11 heteroatoms. The molecular formula is C31H33N3O8. The first-order chi connectivity index (χ1) is 20.0. The molecule has 220 valence electrons. The van der Waals surface area contributed by atoms with Crippen LogP contribution in [0.5, 0.6) is 11.5 Å². The van der Waals surface area contributed by atoms with E-state index in [1.54, 1.807) is 0 Å². The summed E-state index contributed by atoms with van der Waals surface area (Å²) < 4.78 is 5.89. The van der Waals surface area contributed by atoms with Crippen LogP contribution in [0.2, 0.25) is 0 Å². The minimum atomic E-state index is -2.74. The van der Waals surface area contributed by atoms with E-state index in [4.69, 9.17) is 16.2 Å². The van der Waals surface area contributed by atoms with Crippen molar-refractivity contribution in [3.63, 3.8) is 0 Å². The number of phenolic OH excluding ortho intramolecular Hbond substituents is 1. The number of rotatable bonds is 5. The van der Waals surface area contributed by atoms with Gasteiger partial charge in [-0.25, -0.2) is 0 Å². The minimum absolute atomic E-state index is 0.0677. The molecule has 1 aliphatic heterocycles. The molecule has 8 N–H and O–H groups in total. The monoisotopic (exact) mass is 575 g/mol. The van der Waals surface area contributed by atoms with Crippen LogP contribution in [0.4, 0.5) is 0 Å². The molecule has 0 bridgehead atoms. The van der Waals surface area contributed by atoms with Gasteiger partial charge in [-0.05, 0) is 49.8 Å². The highest BCUT2D eigenvalue weighted by atomic mass is 16.5. The molecule has 0 unspecified atom stereocenters. The lowest BCUT2D eigenvalue weighted by Crippen LogP contribution is -2.63. The van der Waals surface area contributed by atoms with E-state index < -0.39 is 58.0 Å². The average Bonchev–Trinajstić information content (AvgIpc) is 3.41. The van der Waals surface area contributed by atoms with E-state index in [0.29, 0.717) is 17.9 Å². The maximum Gasteiger partial charge on any atom is 0.255 e. The van der Waals surface area contributed by atoms with Crippen LogP contribution in [-0.2, 0) is 22.6 Å². The third-order valence-electron chi connectivity index (χ3n) is 9.39. The molecule has 1 heterocycles. The van der Waals surface area contributed by atoms with Crippen LogP contribution >= 0.6 is 0 Å². The molecule has 2 aromatic carbocycles. The highest BCUT2D eigenvalue weighted by Gasteiger charge is 2.62. The van der Waals surface area contributed by atoms with Gasteiger partial charge < -0.3 is 36.6 Å². The summed E-state index contributed by atoms with van der Waals surface area (Å²) in [6.45, 7) is 1.55. The highest BCUT2D eigenvalue weighted by Crippen LogP contribution is 2.53. The zero-order valence-corrected chi connectivity index (χ0v) is 23.0. The van der Waals surface area contributed by atoms with Crippen LogP contribution in [0.25, 0.3) is 0 Å². The number of fused-ring (bicyclic) bond motifs is 3. The molecule has 4 aliphatic rings. The Morgan fingerprint density at radius 1 is 1.17 bits per heavy atom. The fourth-order valence-electron chi connectivity index (χ4n) is 7.46. The Morgan fingerprint density at radius 2 is 1.88 bits per heavy atom. The van der Waals surface area contributed by atoms with E-state index in [1.165, 1.54) is 13.2 Å². The minimum Gasteiger partial charge on any atom is -0.510 e. The number of nitrogens with two attached hydrogens (primary N) is 2. The van der Waals surface area contributed by atoms with Crippen LogP contribution in [0, 0.1) is 11.8 Å². The van der Waals surface area contributed by atoms with E-state index in [9.17, 15) is 34.8 Å². The fourth-order valence-corrected chi connectivity index (χ4v) is 7.46. The number of Topliss-reactive ketones (excluding diaryl/α,β-unsaturated/α-hetero) is 2. The number of aliphatic hydroxyl groups excluding tert-OH is 2. The number of methoxy groups -OCH3 is 1. The second kappa shape index (κ2) is 9.97. The van der Waals surface area contributed by atoms with E-state index in [0.717, 1.165) is 30.5 Å². The van der Waals surface area contributed by atoms with Crippen LogP contribution in [0.1, 0.15) is 52.4 Å². The van der Waals surface area contributed by atoms with Gasteiger partial charge in [0.1, 0.15) is 28.6 Å². The first-order valence-electron chi connectivity index (χ1n) is 13.9. The van der Waals surface area contributed by atoms with Gasteiger partial charge in [-0.1, -0.05) is 30.3 Å². The smallest absolute Gasteiger partial charge is 0.255 e. The van der Waals surface area contributed by atoms with Gasteiger partial charge in [-0.2, -0.15) is 0 Å². The van der Waals surface area contributed by atoms with Gasteiger partial charge in [0.2, 0.25) is 5.78 Å². The van der Waals surface area contributed by atoms with Crippen molar-refractivity contribution in [3.8, 4) is 11.5 Å². The van der Waals surface area contributed by atoms with Crippen LogP contribution in [0.15, 0.2) is 59.1 Å². The second-order valence-electron chi connectivity index (χ2n) is 11.6. The van der Waals surface area contributed by atoms with Crippen LogP contribution in [-0.4, -0.2) is 68.1 Å². The molecule has 42 heavy (non-hydrogen) atoms. The van der Waals surface area contributed by atoms with Gasteiger partial charge in [-0.15, -0.1) is 0 Å². The second-order valence-corrected chi connectivity index (χ2v) is 11.6. The Kier molecular flexibility index (Phi) is 6.64. The average molecular weight is 576 g/mol. The molecule has 1 fully saturated rings. The Morgan fingerprint density at radius 3 is 2.55 bits per heavy atom. The molecule has 3 aliphatic carbocycles. The Hall–Kier alpha value is -4.19. The van der Waals surface area contributed by atoms with Crippen LogP contribution < -0.4 is 16.2 Å². The van der Waals surface area contributed by atoms with Crippen molar-refractivity contribution in [2.75, 3.05) is 13.7 Å². The number of benzene rings is 2. The Bertz CT molecular complexity index is 1580.